The van der Waals surface area contributed by atoms with Crippen molar-refractivity contribution < 1.29 is 22.4 Å². The van der Waals surface area contributed by atoms with Gasteiger partial charge in [0.15, 0.2) is 0 Å². The van der Waals surface area contributed by atoms with Crippen LogP contribution >= 0.6 is 23.2 Å². The molecule has 0 unspecified atom stereocenters. The van der Waals surface area contributed by atoms with E-state index in [1.54, 1.807) is 6.92 Å². The molecule has 0 bridgehead atoms. The van der Waals surface area contributed by atoms with Crippen LogP contribution in [0.2, 0.25) is 10.0 Å². The fraction of sp³-hybridized carbons (Fsp3) is 0.391. The van der Waals surface area contributed by atoms with E-state index >= 15 is 0 Å². The summed E-state index contributed by atoms with van der Waals surface area (Å²) in [4.78, 5) is 27.4. The highest BCUT2D eigenvalue weighted by Crippen LogP contribution is 2.30. The molecule has 1 N–H and O–H groups in total. The average molecular weight is 532 g/mol. The van der Waals surface area contributed by atoms with Crippen molar-refractivity contribution in [2.45, 2.75) is 39.3 Å². The van der Waals surface area contributed by atoms with Crippen LogP contribution in [0.25, 0.3) is 0 Å². The Morgan fingerprint density at radius 1 is 1.12 bits per heavy atom. The number of sulfonamides is 1. The summed E-state index contributed by atoms with van der Waals surface area (Å²) in [5.74, 6) is -1.45. The average Bonchev–Trinajstić information content (AvgIpc) is 2.77. The summed E-state index contributed by atoms with van der Waals surface area (Å²) in [5.41, 5.74) is 0.626. The van der Waals surface area contributed by atoms with Gasteiger partial charge in [-0.05, 0) is 49.2 Å². The lowest BCUT2D eigenvalue weighted by atomic mass is 10.1. The molecule has 0 aliphatic carbocycles. The first-order chi connectivity index (χ1) is 15.9. The Labute approximate surface area is 209 Å². The van der Waals surface area contributed by atoms with Crippen molar-refractivity contribution in [1.29, 1.82) is 0 Å². The normalized spacial score (nSPS) is 12.2. The molecule has 186 valence electrons. The fourth-order valence-corrected chi connectivity index (χ4v) is 4.47. The number of carbonyl (C=O) groups is 2. The van der Waals surface area contributed by atoms with Crippen molar-refractivity contribution in [1.82, 2.24) is 10.2 Å². The number of amides is 2. The fourth-order valence-electron chi connectivity index (χ4n) is 3.18. The van der Waals surface area contributed by atoms with Crippen LogP contribution in [-0.2, 0) is 26.2 Å². The molecule has 0 aliphatic rings. The second-order valence-corrected chi connectivity index (χ2v) is 10.6. The van der Waals surface area contributed by atoms with Crippen molar-refractivity contribution >= 4 is 50.7 Å². The number of rotatable bonds is 11. The van der Waals surface area contributed by atoms with Gasteiger partial charge >= 0.3 is 0 Å². The van der Waals surface area contributed by atoms with Gasteiger partial charge in [0.1, 0.15) is 18.4 Å². The van der Waals surface area contributed by atoms with Crippen LogP contribution in [0, 0.1) is 5.82 Å². The largest absolute Gasteiger partial charge is 0.354 e. The SMILES string of the molecule is CCCCNC(=O)[C@H](C)N(Cc1ccc(F)cc1)C(=O)CN(c1cc(Cl)ccc1Cl)S(C)(=O)=O. The van der Waals surface area contributed by atoms with Gasteiger partial charge in [0, 0.05) is 18.1 Å². The van der Waals surface area contributed by atoms with Crippen molar-refractivity contribution in [3.8, 4) is 0 Å². The summed E-state index contributed by atoms with van der Waals surface area (Å²) < 4.78 is 39.3. The van der Waals surface area contributed by atoms with Gasteiger partial charge in [-0.2, -0.15) is 0 Å². The van der Waals surface area contributed by atoms with Gasteiger partial charge in [0.05, 0.1) is 17.0 Å². The third kappa shape index (κ3) is 7.85. The summed E-state index contributed by atoms with van der Waals surface area (Å²) in [5, 5.41) is 3.12. The molecule has 0 aliphatic heterocycles. The molecular formula is C23H28Cl2FN3O4S. The summed E-state index contributed by atoms with van der Waals surface area (Å²) in [6, 6.07) is 8.87. The molecule has 0 fully saturated rings. The molecule has 2 amide bonds. The molecule has 1 atom stereocenters. The van der Waals surface area contributed by atoms with Crippen LogP contribution in [0.4, 0.5) is 10.1 Å². The van der Waals surface area contributed by atoms with E-state index in [4.69, 9.17) is 23.2 Å². The summed E-state index contributed by atoms with van der Waals surface area (Å²) in [6.07, 6.45) is 2.61. The topological polar surface area (TPSA) is 86.8 Å². The molecule has 0 heterocycles. The first kappa shape index (κ1) is 27.9. The Balaban J connectivity index is 2.38. The number of unbranched alkanes of at least 4 members (excludes halogenated alkanes) is 1. The predicted molar refractivity (Wildman–Crippen MR) is 133 cm³/mol. The maximum atomic E-state index is 13.4. The lowest BCUT2D eigenvalue weighted by molar-refractivity contribution is -0.139. The van der Waals surface area contributed by atoms with Crippen molar-refractivity contribution in [3.05, 3.63) is 63.9 Å². The Morgan fingerprint density at radius 3 is 2.35 bits per heavy atom. The zero-order valence-electron chi connectivity index (χ0n) is 19.2. The van der Waals surface area contributed by atoms with Gasteiger partial charge < -0.3 is 10.2 Å². The number of hydrogen-bond acceptors (Lipinski definition) is 4. The Bertz CT molecular complexity index is 1110. The van der Waals surface area contributed by atoms with E-state index in [9.17, 15) is 22.4 Å². The molecule has 0 radical (unpaired) electrons. The number of benzene rings is 2. The van der Waals surface area contributed by atoms with E-state index in [1.807, 2.05) is 6.92 Å². The van der Waals surface area contributed by atoms with Gasteiger partial charge in [0.2, 0.25) is 21.8 Å². The highest BCUT2D eigenvalue weighted by molar-refractivity contribution is 7.92. The van der Waals surface area contributed by atoms with E-state index in [0.717, 1.165) is 23.4 Å². The highest BCUT2D eigenvalue weighted by Gasteiger charge is 2.30. The second kappa shape index (κ2) is 12.4. The highest BCUT2D eigenvalue weighted by atomic mass is 35.5. The van der Waals surface area contributed by atoms with E-state index in [0.29, 0.717) is 12.1 Å². The Morgan fingerprint density at radius 2 is 1.76 bits per heavy atom. The van der Waals surface area contributed by atoms with Crippen LogP contribution in [0.1, 0.15) is 32.3 Å². The molecule has 34 heavy (non-hydrogen) atoms. The van der Waals surface area contributed by atoms with E-state index in [2.05, 4.69) is 5.32 Å². The summed E-state index contributed by atoms with van der Waals surface area (Å²) in [6.45, 7) is 3.36. The molecule has 2 aromatic carbocycles. The second-order valence-electron chi connectivity index (χ2n) is 7.83. The molecule has 0 aromatic heterocycles. The molecular weight excluding hydrogens is 504 g/mol. The Kier molecular flexibility index (Phi) is 10.1. The van der Waals surface area contributed by atoms with Gasteiger partial charge in [-0.15, -0.1) is 0 Å². The molecule has 11 heteroatoms. The first-order valence-corrected chi connectivity index (χ1v) is 13.3. The standard InChI is InChI=1S/C23H28Cl2FN3O4S/c1-4-5-12-27-23(31)16(2)28(14-17-6-9-19(26)10-7-17)22(30)15-29(34(3,32)33)21-13-18(24)8-11-20(21)25/h6-11,13,16H,4-5,12,14-15H2,1-3H3,(H,27,31)/t16-/m0/s1. The van der Waals surface area contributed by atoms with E-state index in [1.165, 1.54) is 47.4 Å². The Hall–Kier alpha value is -2.36. The number of hydrogen-bond donors (Lipinski definition) is 1. The van der Waals surface area contributed by atoms with Gasteiger partial charge in [0.25, 0.3) is 0 Å². The van der Waals surface area contributed by atoms with Crippen LogP contribution in [0.3, 0.4) is 0 Å². The number of halogens is 3. The number of nitrogens with one attached hydrogen (secondary N) is 1. The van der Waals surface area contributed by atoms with Crippen molar-refractivity contribution in [2.24, 2.45) is 0 Å². The minimum Gasteiger partial charge on any atom is -0.354 e. The summed E-state index contributed by atoms with van der Waals surface area (Å²) >= 11 is 12.2. The maximum Gasteiger partial charge on any atom is 0.244 e. The minimum atomic E-state index is -3.94. The van der Waals surface area contributed by atoms with E-state index < -0.39 is 34.3 Å². The van der Waals surface area contributed by atoms with Crippen molar-refractivity contribution in [2.75, 3.05) is 23.7 Å². The lowest BCUT2D eigenvalue weighted by Crippen LogP contribution is -2.51. The quantitative estimate of drug-likeness (QED) is 0.439. The van der Waals surface area contributed by atoms with Crippen LogP contribution in [0.15, 0.2) is 42.5 Å². The lowest BCUT2D eigenvalue weighted by Gasteiger charge is -2.31. The predicted octanol–water partition coefficient (Wildman–Crippen LogP) is 4.23. The smallest absolute Gasteiger partial charge is 0.244 e. The van der Waals surface area contributed by atoms with Crippen LogP contribution in [-0.4, -0.2) is 50.5 Å². The van der Waals surface area contributed by atoms with E-state index in [-0.39, 0.29) is 28.2 Å². The minimum absolute atomic E-state index is 0.0254. The third-order valence-corrected chi connectivity index (χ3v) is 6.80. The molecule has 0 saturated heterocycles. The maximum absolute atomic E-state index is 13.4. The van der Waals surface area contributed by atoms with Crippen LogP contribution < -0.4 is 9.62 Å². The third-order valence-electron chi connectivity index (χ3n) is 5.12. The van der Waals surface area contributed by atoms with Crippen LogP contribution in [0.5, 0.6) is 0 Å². The number of carbonyl (C=O) groups excluding carboxylic acids is 2. The molecule has 0 saturated carbocycles. The summed E-state index contributed by atoms with van der Waals surface area (Å²) in [7, 11) is -3.94. The monoisotopic (exact) mass is 531 g/mol. The zero-order chi connectivity index (χ0) is 25.5. The zero-order valence-corrected chi connectivity index (χ0v) is 21.6. The molecule has 2 aromatic rings. The van der Waals surface area contributed by atoms with Gasteiger partial charge in [-0.1, -0.05) is 48.7 Å². The van der Waals surface area contributed by atoms with Gasteiger partial charge in [-0.3, -0.25) is 13.9 Å². The number of nitrogens with zero attached hydrogens (tertiary/aromatic N) is 2. The molecule has 0 spiro atoms. The van der Waals surface area contributed by atoms with Crippen molar-refractivity contribution in [3.63, 3.8) is 0 Å². The molecule has 2 rings (SSSR count). The number of anilines is 1. The first-order valence-electron chi connectivity index (χ1n) is 10.7. The van der Waals surface area contributed by atoms with Gasteiger partial charge in [-0.25, -0.2) is 12.8 Å². The molecule has 7 nitrogen and oxygen atoms in total.